The third kappa shape index (κ3) is 3.93. The molecule has 1 fully saturated rings. The van der Waals surface area contributed by atoms with Crippen LogP contribution in [0, 0.1) is 0 Å². The van der Waals surface area contributed by atoms with Crippen LogP contribution in [0.4, 0.5) is 4.39 Å². The topological polar surface area (TPSA) is 91.3 Å². The fourth-order valence-corrected chi connectivity index (χ4v) is 2.25. The van der Waals surface area contributed by atoms with Gasteiger partial charge in [-0.3, -0.25) is 8.74 Å². The molecule has 0 aliphatic carbocycles. The summed E-state index contributed by atoms with van der Waals surface area (Å²) in [6.45, 7) is 4.00. The monoisotopic (exact) mass is 300 g/mol. The number of halogens is 1. The molecule has 0 aromatic rings. The van der Waals surface area contributed by atoms with Crippen LogP contribution in [0.2, 0.25) is 0 Å². The van der Waals surface area contributed by atoms with Crippen molar-refractivity contribution in [1.82, 2.24) is 0 Å². The minimum Gasteiger partial charge on any atom is -0.467 e. The number of hydrogen-bond acceptors (Lipinski definition) is 6. The highest BCUT2D eigenvalue weighted by molar-refractivity contribution is 7.74. The van der Waals surface area contributed by atoms with E-state index in [4.69, 9.17) is 14.0 Å². The van der Waals surface area contributed by atoms with E-state index in [0.29, 0.717) is 0 Å². The first-order chi connectivity index (χ1) is 8.60. The molecule has 0 aromatic carbocycles. The lowest BCUT2D eigenvalue weighted by molar-refractivity contribution is -0.177. The van der Waals surface area contributed by atoms with Crippen LogP contribution in [0.1, 0.15) is 20.8 Å². The van der Waals surface area contributed by atoms with Crippen molar-refractivity contribution >= 4 is 17.3 Å². The lowest BCUT2D eigenvalue weighted by Gasteiger charge is -2.30. The number of esters is 1. The van der Waals surface area contributed by atoms with E-state index in [1.807, 2.05) is 0 Å². The van der Waals surface area contributed by atoms with Crippen LogP contribution in [0.15, 0.2) is 0 Å². The Morgan fingerprint density at radius 3 is 2.58 bits per heavy atom. The molecule has 1 N–H and O–H groups in total. The Morgan fingerprint density at radius 2 is 2.21 bits per heavy atom. The summed E-state index contributed by atoms with van der Waals surface area (Å²) in [5.74, 6) is -2.22. The number of methoxy groups -OCH3 is 1. The molecule has 1 rings (SSSR count). The Hall–Kier alpha value is -0.610. The highest BCUT2D eigenvalue weighted by Crippen LogP contribution is 2.32. The lowest BCUT2D eigenvalue weighted by Crippen LogP contribution is -2.52. The molecule has 9 heteroatoms. The van der Waals surface area contributed by atoms with Crippen molar-refractivity contribution in [3.05, 3.63) is 0 Å². The highest BCUT2D eigenvalue weighted by atomic mass is 32.2. The molecule has 0 bridgehead atoms. The van der Waals surface area contributed by atoms with Gasteiger partial charge < -0.3 is 14.2 Å². The third-order valence-electron chi connectivity index (χ3n) is 2.67. The van der Waals surface area contributed by atoms with Crippen molar-refractivity contribution in [2.75, 3.05) is 13.7 Å². The van der Waals surface area contributed by atoms with Gasteiger partial charge in [0.05, 0.1) is 13.7 Å². The SMILES string of the molecule is COC(=O)C(C)(F)[C@H](OS(=O)O)C1COC(C)(C)O1. The van der Waals surface area contributed by atoms with E-state index in [0.717, 1.165) is 14.0 Å². The van der Waals surface area contributed by atoms with E-state index < -0.39 is 41.0 Å². The predicted molar refractivity (Wildman–Crippen MR) is 62.1 cm³/mol. The zero-order valence-corrected chi connectivity index (χ0v) is 11.9. The van der Waals surface area contributed by atoms with Gasteiger partial charge in [0.25, 0.3) is 0 Å². The second kappa shape index (κ2) is 5.80. The minimum atomic E-state index is -2.76. The first-order valence-corrected chi connectivity index (χ1v) is 6.50. The second-order valence-corrected chi connectivity index (χ2v) is 5.29. The molecule has 4 atom stereocenters. The van der Waals surface area contributed by atoms with Crippen molar-refractivity contribution in [3.8, 4) is 0 Å². The predicted octanol–water partition coefficient (Wildman–Crippen LogP) is 0.561. The summed E-state index contributed by atoms with van der Waals surface area (Å²) >= 11 is -2.76. The molecule has 19 heavy (non-hydrogen) atoms. The molecule has 0 amide bonds. The molecule has 0 radical (unpaired) electrons. The summed E-state index contributed by atoms with van der Waals surface area (Å²) in [5, 5.41) is 0. The molecule has 1 heterocycles. The molecule has 7 nitrogen and oxygen atoms in total. The van der Waals surface area contributed by atoms with Crippen LogP contribution in [0.5, 0.6) is 0 Å². The molecule has 1 saturated heterocycles. The first-order valence-electron chi connectivity index (χ1n) is 5.47. The molecule has 0 aromatic heterocycles. The van der Waals surface area contributed by atoms with E-state index >= 15 is 0 Å². The zero-order chi connectivity index (χ0) is 14.8. The summed E-state index contributed by atoms with van der Waals surface area (Å²) in [7, 11) is 1.00. The minimum absolute atomic E-state index is 0.0780. The summed E-state index contributed by atoms with van der Waals surface area (Å²) in [6, 6.07) is 0. The average Bonchev–Trinajstić information content (AvgIpc) is 2.64. The second-order valence-electron chi connectivity index (χ2n) is 4.67. The Morgan fingerprint density at radius 1 is 1.63 bits per heavy atom. The normalized spacial score (nSPS) is 28.4. The van der Waals surface area contributed by atoms with Crippen LogP contribution in [-0.4, -0.2) is 52.1 Å². The maximum atomic E-state index is 14.4. The number of rotatable bonds is 5. The molecule has 112 valence electrons. The van der Waals surface area contributed by atoms with Gasteiger partial charge in [-0.05, 0) is 20.8 Å². The van der Waals surface area contributed by atoms with E-state index in [1.165, 1.54) is 0 Å². The number of ether oxygens (including phenoxy) is 3. The fraction of sp³-hybridized carbons (Fsp3) is 0.900. The maximum absolute atomic E-state index is 14.4. The van der Waals surface area contributed by atoms with Crippen LogP contribution in [0.25, 0.3) is 0 Å². The maximum Gasteiger partial charge on any atom is 0.346 e. The van der Waals surface area contributed by atoms with Crippen molar-refractivity contribution < 1.29 is 36.3 Å². The Balaban J connectivity index is 2.95. The van der Waals surface area contributed by atoms with Gasteiger partial charge >= 0.3 is 17.3 Å². The number of carbonyl (C=O) groups excluding carboxylic acids is 1. The van der Waals surface area contributed by atoms with E-state index in [9.17, 15) is 13.4 Å². The molecular weight excluding hydrogens is 283 g/mol. The Labute approximate surface area is 112 Å². The van der Waals surface area contributed by atoms with Gasteiger partial charge in [-0.25, -0.2) is 9.18 Å². The van der Waals surface area contributed by atoms with Crippen LogP contribution >= 0.6 is 0 Å². The van der Waals surface area contributed by atoms with E-state index in [1.54, 1.807) is 13.8 Å². The van der Waals surface area contributed by atoms with Crippen molar-refractivity contribution in [1.29, 1.82) is 0 Å². The number of carbonyl (C=O) groups is 1. The molecule has 3 unspecified atom stereocenters. The van der Waals surface area contributed by atoms with Gasteiger partial charge in [-0.2, -0.15) is 4.21 Å². The number of alkyl halides is 1. The van der Waals surface area contributed by atoms with Gasteiger partial charge in [0.1, 0.15) is 6.10 Å². The van der Waals surface area contributed by atoms with Gasteiger partial charge in [0, 0.05) is 0 Å². The Bertz CT molecular complexity index is 371. The van der Waals surface area contributed by atoms with Crippen LogP contribution in [0.3, 0.4) is 0 Å². The van der Waals surface area contributed by atoms with E-state index in [2.05, 4.69) is 8.92 Å². The van der Waals surface area contributed by atoms with Gasteiger partial charge in [-0.15, -0.1) is 0 Å². The van der Waals surface area contributed by atoms with Gasteiger partial charge in [-0.1, -0.05) is 0 Å². The van der Waals surface area contributed by atoms with Crippen molar-refractivity contribution in [3.63, 3.8) is 0 Å². The smallest absolute Gasteiger partial charge is 0.346 e. The summed E-state index contributed by atoms with van der Waals surface area (Å²) in [5.41, 5.74) is -2.65. The standard InChI is InChI=1S/C10H17FO7S/c1-9(2)16-5-6(17-9)7(18-19(13)14)10(3,11)8(12)15-4/h6-7H,5H2,1-4H3,(H,13,14)/t6?,7-,10?/m1/s1. The first kappa shape index (κ1) is 16.4. The van der Waals surface area contributed by atoms with Crippen LogP contribution in [-0.2, 0) is 34.5 Å². The summed E-state index contributed by atoms with van der Waals surface area (Å²) in [6.07, 6.45) is -2.65. The van der Waals surface area contributed by atoms with Crippen molar-refractivity contribution in [2.45, 2.75) is 44.4 Å². The summed E-state index contributed by atoms with van der Waals surface area (Å²) in [4.78, 5) is 11.4. The molecule has 0 saturated carbocycles. The third-order valence-corrected chi connectivity index (χ3v) is 3.04. The van der Waals surface area contributed by atoms with E-state index in [-0.39, 0.29) is 6.61 Å². The Kier molecular flexibility index (Phi) is 5.02. The quantitative estimate of drug-likeness (QED) is 0.586. The molecule has 1 aliphatic heterocycles. The molecular formula is C10H17FO7S. The lowest BCUT2D eigenvalue weighted by atomic mass is 9.97. The number of hydrogen-bond donors (Lipinski definition) is 1. The molecule has 1 aliphatic rings. The highest BCUT2D eigenvalue weighted by Gasteiger charge is 2.53. The molecule has 0 spiro atoms. The fourth-order valence-electron chi connectivity index (χ4n) is 1.77. The average molecular weight is 300 g/mol. The van der Waals surface area contributed by atoms with Crippen molar-refractivity contribution in [2.24, 2.45) is 0 Å². The largest absolute Gasteiger partial charge is 0.467 e. The zero-order valence-electron chi connectivity index (χ0n) is 11.0. The van der Waals surface area contributed by atoms with Gasteiger partial charge in [0.15, 0.2) is 11.9 Å². The van der Waals surface area contributed by atoms with Crippen LogP contribution < -0.4 is 0 Å². The van der Waals surface area contributed by atoms with Gasteiger partial charge in [0.2, 0.25) is 5.67 Å². The summed E-state index contributed by atoms with van der Waals surface area (Å²) < 4.78 is 53.4.